The van der Waals surface area contributed by atoms with Crippen molar-refractivity contribution in [3.8, 4) is 0 Å². The first kappa shape index (κ1) is 11.5. The first-order chi connectivity index (χ1) is 9.83. The van der Waals surface area contributed by atoms with Crippen LogP contribution in [-0.2, 0) is 11.2 Å². The van der Waals surface area contributed by atoms with E-state index in [1.807, 2.05) is 53.4 Å². The van der Waals surface area contributed by atoms with Crippen LogP contribution in [-0.4, -0.2) is 11.9 Å². The van der Waals surface area contributed by atoms with Crippen LogP contribution in [0, 0.1) is 0 Å². The summed E-state index contributed by atoms with van der Waals surface area (Å²) in [7, 11) is 0. The van der Waals surface area contributed by atoms with Crippen molar-refractivity contribution in [1.82, 2.24) is 0 Å². The van der Waals surface area contributed by atoms with E-state index in [-0.39, 0.29) is 5.91 Å². The number of carbonyl (C=O) groups excluding carboxylic acids is 1. The van der Waals surface area contributed by atoms with Gasteiger partial charge in [0.05, 0.1) is 0 Å². The third-order valence-electron chi connectivity index (χ3n) is 4.16. The molecule has 0 aliphatic carbocycles. The summed E-state index contributed by atoms with van der Waals surface area (Å²) >= 11 is 0. The van der Waals surface area contributed by atoms with Gasteiger partial charge >= 0.3 is 0 Å². The van der Waals surface area contributed by atoms with E-state index in [1.165, 1.54) is 5.56 Å². The maximum Gasteiger partial charge on any atom is 0.254 e. The number of nitrogens with zero attached hydrogens (tertiary/aromatic N) is 1. The van der Waals surface area contributed by atoms with Crippen molar-refractivity contribution in [2.24, 2.45) is 0 Å². The topological polar surface area (TPSA) is 20.3 Å². The molecule has 1 unspecified atom stereocenters. The van der Waals surface area contributed by atoms with Gasteiger partial charge in [-0.2, -0.15) is 0 Å². The highest BCUT2D eigenvalue weighted by molar-refractivity contribution is 6.12. The van der Waals surface area contributed by atoms with Crippen molar-refractivity contribution in [2.45, 2.75) is 18.9 Å². The Kier molecular flexibility index (Phi) is 2.49. The van der Waals surface area contributed by atoms with Gasteiger partial charge in [0.15, 0.2) is 0 Å². The summed E-state index contributed by atoms with van der Waals surface area (Å²) in [5.74, 6) is 0.170. The van der Waals surface area contributed by atoms with Crippen LogP contribution in [0.3, 0.4) is 0 Å². The Balaban J connectivity index is 1.70. The SMILES string of the molecule is O=C1/C(=C/c2ccccc2)CC2Cc3ccccc3N12. The second kappa shape index (κ2) is 4.34. The summed E-state index contributed by atoms with van der Waals surface area (Å²) in [5, 5.41) is 0. The molecule has 2 nitrogen and oxygen atoms in total. The van der Waals surface area contributed by atoms with Gasteiger partial charge < -0.3 is 4.90 Å². The first-order valence-corrected chi connectivity index (χ1v) is 7.00. The van der Waals surface area contributed by atoms with E-state index in [9.17, 15) is 4.79 Å². The summed E-state index contributed by atoms with van der Waals surface area (Å²) in [4.78, 5) is 14.6. The number of benzene rings is 2. The number of amides is 1. The van der Waals surface area contributed by atoms with Crippen molar-refractivity contribution < 1.29 is 4.79 Å². The average molecular weight is 261 g/mol. The molecular formula is C18H15NO. The fourth-order valence-electron chi connectivity index (χ4n) is 3.27. The Bertz CT molecular complexity index is 702. The first-order valence-electron chi connectivity index (χ1n) is 7.00. The lowest BCUT2D eigenvalue weighted by Crippen LogP contribution is -2.29. The predicted molar refractivity (Wildman–Crippen MR) is 80.5 cm³/mol. The third-order valence-corrected chi connectivity index (χ3v) is 4.16. The largest absolute Gasteiger partial charge is 0.305 e. The molecule has 1 amide bonds. The van der Waals surface area contributed by atoms with Crippen molar-refractivity contribution in [3.63, 3.8) is 0 Å². The predicted octanol–water partition coefficient (Wildman–Crippen LogP) is 3.43. The van der Waals surface area contributed by atoms with E-state index in [2.05, 4.69) is 12.1 Å². The number of rotatable bonds is 1. The number of hydrogen-bond donors (Lipinski definition) is 0. The number of hydrogen-bond acceptors (Lipinski definition) is 1. The zero-order valence-electron chi connectivity index (χ0n) is 11.1. The maximum atomic E-state index is 12.6. The summed E-state index contributed by atoms with van der Waals surface area (Å²) in [6, 6.07) is 18.6. The molecule has 2 heterocycles. The molecule has 0 radical (unpaired) electrons. The molecule has 2 aromatic rings. The quantitative estimate of drug-likeness (QED) is 0.720. The minimum atomic E-state index is 0.170. The molecule has 2 aliphatic rings. The number of carbonyl (C=O) groups is 1. The van der Waals surface area contributed by atoms with E-state index < -0.39 is 0 Å². The standard InChI is InChI=1S/C18H15NO/c20-18-15(10-13-6-2-1-3-7-13)12-16-11-14-8-4-5-9-17(14)19(16)18/h1-10,16H,11-12H2/b15-10+. The molecule has 0 N–H and O–H groups in total. The van der Waals surface area contributed by atoms with Crippen LogP contribution >= 0.6 is 0 Å². The lowest BCUT2D eigenvalue weighted by Gasteiger charge is -2.15. The Morgan fingerprint density at radius 3 is 2.55 bits per heavy atom. The zero-order valence-corrected chi connectivity index (χ0v) is 11.1. The van der Waals surface area contributed by atoms with Crippen LogP contribution in [0.5, 0.6) is 0 Å². The maximum absolute atomic E-state index is 12.6. The Labute approximate surface area is 118 Å². The second-order valence-corrected chi connectivity index (χ2v) is 5.45. The van der Waals surface area contributed by atoms with E-state index in [0.29, 0.717) is 6.04 Å². The second-order valence-electron chi connectivity index (χ2n) is 5.45. The van der Waals surface area contributed by atoms with Gasteiger partial charge in [-0.1, -0.05) is 48.5 Å². The highest BCUT2D eigenvalue weighted by Gasteiger charge is 2.41. The van der Waals surface area contributed by atoms with Crippen molar-refractivity contribution in [2.75, 3.05) is 4.90 Å². The van der Waals surface area contributed by atoms with Gasteiger partial charge in [0.1, 0.15) is 0 Å². The van der Waals surface area contributed by atoms with Gasteiger partial charge in [0, 0.05) is 17.3 Å². The molecular weight excluding hydrogens is 246 g/mol. The smallest absolute Gasteiger partial charge is 0.254 e. The molecule has 1 fully saturated rings. The van der Waals surface area contributed by atoms with E-state index in [1.54, 1.807) is 0 Å². The van der Waals surface area contributed by atoms with Gasteiger partial charge in [-0.25, -0.2) is 0 Å². The minimum Gasteiger partial charge on any atom is -0.305 e. The zero-order chi connectivity index (χ0) is 13.5. The monoisotopic (exact) mass is 261 g/mol. The highest BCUT2D eigenvalue weighted by Crippen LogP contribution is 2.40. The van der Waals surface area contributed by atoms with Crippen molar-refractivity contribution in [3.05, 3.63) is 71.3 Å². The summed E-state index contributed by atoms with van der Waals surface area (Å²) < 4.78 is 0. The molecule has 1 saturated heterocycles. The summed E-state index contributed by atoms with van der Waals surface area (Å²) in [5.41, 5.74) is 4.42. The Morgan fingerprint density at radius 2 is 1.70 bits per heavy atom. The number of anilines is 1. The molecule has 98 valence electrons. The molecule has 2 aromatic carbocycles. The molecule has 1 atom stereocenters. The van der Waals surface area contributed by atoms with Crippen LogP contribution in [0.4, 0.5) is 5.69 Å². The molecule has 4 rings (SSSR count). The van der Waals surface area contributed by atoms with E-state index >= 15 is 0 Å². The number of fused-ring (bicyclic) bond motifs is 3. The Morgan fingerprint density at radius 1 is 0.950 bits per heavy atom. The fraction of sp³-hybridized carbons (Fsp3) is 0.167. The summed E-state index contributed by atoms with van der Waals surface area (Å²) in [6.45, 7) is 0. The van der Waals surface area contributed by atoms with Crippen LogP contribution in [0.2, 0.25) is 0 Å². The normalized spacial score (nSPS) is 22.2. The molecule has 0 aromatic heterocycles. The van der Waals surface area contributed by atoms with Crippen LogP contribution in [0.15, 0.2) is 60.2 Å². The van der Waals surface area contributed by atoms with Crippen molar-refractivity contribution in [1.29, 1.82) is 0 Å². The lowest BCUT2D eigenvalue weighted by molar-refractivity contribution is -0.114. The van der Waals surface area contributed by atoms with Gasteiger partial charge in [0.2, 0.25) is 0 Å². The van der Waals surface area contributed by atoms with E-state index in [0.717, 1.165) is 29.7 Å². The lowest BCUT2D eigenvalue weighted by atomic mass is 10.0. The van der Waals surface area contributed by atoms with Gasteiger partial charge in [-0.3, -0.25) is 4.79 Å². The average Bonchev–Trinajstić information content (AvgIpc) is 2.98. The van der Waals surface area contributed by atoms with Gasteiger partial charge in [-0.15, -0.1) is 0 Å². The molecule has 20 heavy (non-hydrogen) atoms. The van der Waals surface area contributed by atoms with E-state index in [4.69, 9.17) is 0 Å². The van der Waals surface area contributed by atoms with Crippen LogP contribution < -0.4 is 4.90 Å². The number of para-hydroxylation sites is 1. The van der Waals surface area contributed by atoms with Gasteiger partial charge in [-0.05, 0) is 36.1 Å². The highest BCUT2D eigenvalue weighted by atomic mass is 16.2. The minimum absolute atomic E-state index is 0.170. The third kappa shape index (κ3) is 1.68. The van der Waals surface area contributed by atoms with Crippen LogP contribution in [0.25, 0.3) is 6.08 Å². The Hall–Kier alpha value is -2.35. The molecule has 2 heteroatoms. The molecule has 0 saturated carbocycles. The summed E-state index contributed by atoms with van der Waals surface area (Å²) in [6.07, 6.45) is 3.86. The van der Waals surface area contributed by atoms with Crippen LogP contribution in [0.1, 0.15) is 17.5 Å². The molecule has 0 spiro atoms. The fourth-order valence-corrected chi connectivity index (χ4v) is 3.27. The van der Waals surface area contributed by atoms with Gasteiger partial charge in [0.25, 0.3) is 5.91 Å². The molecule has 0 bridgehead atoms. The van der Waals surface area contributed by atoms with Crippen molar-refractivity contribution >= 4 is 17.7 Å². The molecule has 2 aliphatic heterocycles.